The molecule has 0 atom stereocenters. The van der Waals surface area contributed by atoms with E-state index in [0.29, 0.717) is 0 Å². The van der Waals surface area contributed by atoms with Gasteiger partial charge in [0.1, 0.15) is 0 Å². The minimum atomic E-state index is -0.124. The maximum atomic E-state index is 2.44. The van der Waals surface area contributed by atoms with E-state index in [-0.39, 0.29) is 10.8 Å². The van der Waals surface area contributed by atoms with E-state index in [4.69, 9.17) is 0 Å². The molecular weight excluding hydrogens is 544 g/mol. The quantitative estimate of drug-likeness (QED) is 0.204. The number of hydrogen-bond acceptors (Lipinski definition) is 2. The van der Waals surface area contributed by atoms with Gasteiger partial charge in [0.05, 0.1) is 22.7 Å². The summed E-state index contributed by atoms with van der Waals surface area (Å²) < 4.78 is 0. The molecule has 0 spiro atoms. The van der Waals surface area contributed by atoms with Crippen molar-refractivity contribution in [3.8, 4) is 22.3 Å². The molecule has 0 radical (unpaired) electrons. The molecule has 0 fully saturated rings. The number of fused-ring (bicyclic) bond motifs is 5. The van der Waals surface area contributed by atoms with Crippen LogP contribution in [0, 0.1) is 0 Å². The highest BCUT2D eigenvalue weighted by Crippen LogP contribution is 2.56. The van der Waals surface area contributed by atoms with Gasteiger partial charge in [-0.15, -0.1) is 0 Å². The molecule has 8 rings (SSSR count). The summed E-state index contributed by atoms with van der Waals surface area (Å²) in [4.78, 5) is 4.85. The Balaban J connectivity index is 1.25. The van der Waals surface area contributed by atoms with Crippen LogP contribution in [0.5, 0.6) is 0 Å². The highest BCUT2D eigenvalue weighted by Gasteiger charge is 2.37. The van der Waals surface area contributed by atoms with Crippen LogP contribution >= 0.6 is 0 Å². The van der Waals surface area contributed by atoms with Gasteiger partial charge in [-0.25, -0.2) is 0 Å². The molecule has 2 heteroatoms. The zero-order chi connectivity index (χ0) is 30.9. The van der Waals surface area contributed by atoms with E-state index < -0.39 is 0 Å². The van der Waals surface area contributed by atoms with Crippen molar-refractivity contribution >= 4 is 34.1 Å². The Labute approximate surface area is 267 Å². The van der Waals surface area contributed by atoms with Crippen LogP contribution in [0.3, 0.4) is 0 Å². The van der Waals surface area contributed by atoms with Crippen molar-refractivity contribution in [2.75, 3.05) is 9.80 Å². The van der Waals surface area contributed by atoms with E-state index in [1.807, 2.05) is 0 Å². The smallest absolute Gasteiger partial charge is 0.0703 e. The van der Waals surface area contributed by atoms with E-state index in [2.05, 4.69) is 184 Å². The van der Waals surface area contributed by atoms with Crippen molar-refractivity contribution in [2.24, 2.45) is 0 Å². The molecule has 1 heterocycles. The first-order chi connectivity index (χ1) is 21.7. The van der Waals surface area contributed by atoms with Crippen molar-refractivity contribution in [3.63, 3.8) is 0 Å². The number of nitrogens with zero attached hydrogens (tertiary/aromatic N) is 2. The zero-order valence-electron chi connectivity index (χ0n) is 26.7. The lowest BCUT2D eigenvalue weighted by Crippen LogP contribution is -2.24. The van der Waals surface area contributed by atoms with Gasteiger partial charge in [-0.1, -0.05) is 120 Å². The Bertz CT molecular complexity index is 2020. The summed E-state index contributed by atoms with van der Waals surface area (Å²) >= 11 is 0. The van der Waals surface area contributed by atoms with Gasteiger partial charge in [-0.3, -0.25) is 0 Å². The van der Waals surface area contributed by atoms with Gasteiger partial charge in [0.2, 0.25) is 0 Å². The lowest BCUT2D eigenvalue weighted by molar-refractivity contribution is 0.590. The number of rotatable bonds is 3. The van der Waals surface area contributed by atoms with Crippen molar-refractivity contribution in [1.82, 2.24) is 0 Å². The van der Waals surface area contributed by atoms with E-state index in [9.17, 15) is 0 Å². The molecule has 6 aromatic rings. The van der Waals surface area contributed by atoms with E-state index in [1.165, 1.54) is 73.1 Å². The van der Waals surface area contributed by atoms with Gasteiger partial charge in [0.25, 0.3) is 0 Å². The Morgan fingerprint density at radius 1 is 0.444 bits per heavy atom. The second-order valence-corrected chi connectivity index (χ2v) is 13.9. The van der Waals surface area contributed by atoms with Crippen molar-refractivity contribution in [2.45, 2.75) is 45.4 Å². The maximum absolute atomic E-state index is 2.44. The summed E-state index contributed by atoms with van der Waals surface area (Å²) in [7, 11) is 0. The third-order valence-electron chi connectivity index (χ3n) is 9.74. The lowest BCUT2D eigenvalue weighted by atomic mass is 9.81. The summed E-state index contributed by atoms with van der Waals surface area (Å²) in [6, 6.07) is 51.4. The second kappa shape index (κ2) is 9.97. The number of para-hydroxylation sites is 4. The van der Waals surface area contributed by atoms with E-state index in [1.54, 1.807) is 0 Å². The molecule has 0 saturated carbocycles. The van der Waals surface area contributed by atoms with Crippen LogP contribution in [-0.4, -0.2) is 0 Å². The molecule has 6 aromatic carbocycles. The molecular formula is C43H38N2. The molecule has 0 N–H and O–H groups in total. The molecule has 0 unspecified atom stereocenters. The van der Waals surface area contributed by atoms with E-state index in [0.717, 1.165) is 0 Å². The van der Waals surface area contributed by atoms with Gasteiger partial charge in [-0.2, -0.15) is 0 Å². The SMILES string of the molecule is CC(C)(C)c1ccc(N2c3ccccc3N(c3ccc4c(c3)C(C)(C)c3cc(-c5ccccc5)ccc3-4)c3ccccc32)cc1. The first kappa shape index (κ1) is 27.5. The number of benzene rings is 6. The first-order valence-corrected chi connectivity index (χ1v) is 16.0. The minimum absolute atomic E-state index is 0.108. The normalized spacial score (nSPS) is 14.4. The first-order valence-electron chi connectivity index (χ1n) is 16.0. The minimum Gasteiger partial charge on any atom is -0.306 e. The molecule has 2 aliphatic rings. The third kappa shape index (κ3) is 4.31. The number of hydrogen-bond donors (Lipinski definition) is 0. The summed E-state index contributed by atoms with van der Waals surface area (Å²) in [6.07, 6.45) is 0. The third-order valence-corrected chi connectivity index (χ3v) is 9.74. The maximum Gasteiger partial charge on any atom is 0.0703 e. The predicted molar refractivity (Wildman–Crippen MR) is 191 cm³/mol. The van der Waals surface area contributed by atoms with Crippen molar-refractivity contribution in [3.05, 3.63) is 156 Å². The van der Waals surface area contributed by atoms with Crippen LogP contribution < -0.4 is 9.80 Å². The lowest BCUT2D eigenvalue weighted by Gasteiger charge is -2.40. The van der Waals surface area contributed by atoms with Gasteiger partial charge >= 0.3 is 0 Å². The van der Waals surface area contributed by atoms with Gasteiger partial charge in [-0.05, 0) is 99.0 Å². The molecule has 0 aromatic heterocycles. The highest BCUT2D eigenvalue weighted by molar-refractivity contribution is 6.02. The van der Waals surface area contributed by atoms with Crippen LogP contribution in [0.15, 0.2) is 140 Å². The van der Waals surface area contributed by atoms with Crippen LogP contribution in [0.2, 0.25) is 0 Å². The Morgan fingerprint density at radius 2 is 0.911 bits per heavy atom. The Kier molecular flexibility index (Phi) is 6.09. The van der Waals surface area contributed by atoms with E-state index >= 15 is 0 Å². The monoisotopic (exact) mass is 582 g/mol. The summed E-state index contributed by atoms with van der Waals surface area (Å²) in [5.41, 5.74) is 16.3. The predicted octanol–water partition coefficient (Wildman–Crippen LogP) is 12.2. The summed E-state index contributed by atoms with van der Waals surface area (Å²) in [5.74, 6) is 0. The standard InChI is InChI=1S/C43H38N2/c1-42(2,3)31-20-22-32(23-21-31)44-38-15-9-11-17-40(38)45(41-18-12-10-16-39(41)44)33-24-26-35-34-25-19-30(29-13-7-6-8-14-29)27-36(34)43(4,5)37(35)28-33/h6-28H,1-5H3. The van der Waals surface area contributed by atoms with Crippen molar-refractivity contribution in [1.29, 1.82) is 0 Å². The van der Waals surface area contributed by atoms with Gasteiger partial charge in [0, 0.05) is 16.8 Å². The fourth-order valence-corrected chi connectivity index (χ4v) is 7.29. The Hall–Kier alpha value is -5.08. The van der Waals surface area contributed by atoms with Crippen molar-refractivity contribution < 1.29 is 0 Å². The molecule has 1 aliphatic heterocycles. The van der Waals surface area contributed by atoms with Gasteiger partial charge < -0.3 is 9.80 Å². The average molecular weight is 583 g/mol. The molecule has 220 valence electrons. The van der Waals surface area contributed by atoms with Crippen LogP contribution in [0.1, 0.15) is 51.3 Å². The molecule has 0 bridgehead atoms. The average Bonchev–Trinajstić information content (AvgIpc) is 3.28. The molecule has 0 amide bonds. The number of anilines is 6. The largest absolute Gasteiger partial charge is 0.306 e. The summed E-state index contributed by atoms with van der Waals surface area (Å²) in [6.45, 7) is 11.5. The van der Waals surface area contributed by atoms with Crippen LogP contribution in [0.4, 0.5) is 34.1 Å². The molecule has 0 saturated heterocycles. The highest BCUT2D eigenvalue weighted by atomic mass is 15.3. The fourth-order valence-electron chi connectivity index (χ4n) is 7.29. The van der Waals surface area contributed by atoms with Crippen LogP contribution in [-0.2, 0) is 10.8 Å². The molecule has 1 aliphatic carbocycles. The topological polar surface area (TPSA) is 6.48 Å². The second-order valence-electron chi connectivity index (χ2n) is 13.9. The molecule has 45 heavy (non-hydrogen) atoms. The fraction of sp³-hybridized carbons (Fsp3) is 0.163. The zero-order valence-corrected chi connectivity index (χ0v) is 26.7. The Morgan fingerprint density at radius 3 is 1.47 bits per heavy atom. The van der Waals surface area contributed by atoms with Gasteiger partial charge in [0.15, 0.2) is 0 Å². The summed E-state index contributed by atoms with van der Waals surface area (Å²) in [5, 5.41) is 0. The molecule has 2 nitrogen and oxygen atoms in total. The van der Waals surface area contributed by atoms with Crippen LogP contribution in [0.25, 0.3) is 22.3 Å².